The summed E-state index contributed by atoms with van der Waals surface area (Å²) >= 11 is 1.61. The van der Waals surface area contributed by atoms with Crippen LogP contribution in [0.15, 0.2) is 30.0 Å². The van der Waals surface area contributed by atoms with E-state index in [1.807, 2.05) is 43.0 Å². The van der Waals surface area contributed by atoms with Crippen molar-refractivity contribution in [3.63, 3.8) is 0 Å². The van der Waals surface area contributed by atoms with Gasteiger partial charge in [0.1, 0.15) is 12.0 Å². The van der Waals surface area contributed by atoms with E-state index in [0.717, 1.165) is 17.6 Å². The van der Waals surface area contributed by atoms with Crippen LogP contribution < -0.4 is 5.32 Å². The number of carbonyl (C=O) groups excluding carboxylic acids is 2. The van der Waals surface area contributed by atoms with Crippen LogP contribution in [-0.4, -0.2) is 51.0 Å². The number of alkyl carbamates (subject to hydrolysis) is 1. The molecule has 2 N–H and O–H groups in total. The minimum absolute atomic E-state index is 0.00155. The molecular weight excluding hydrogens is 328 g/mol. The third-order valence-corrected chi connectivity index (χ3v) is 6.05. The van der Waals surface area contributed by atoms with E-state index in [1.165, 1.54) is 0 Å². The van der Waals surface area contributed by atoms with Crippen LogP contribution in [0.4, 0.5) is 4.79 Å². The predicted octanol–water partition coefficient (Wildman–Crippen LogP) is 1.86. The minimum atomic E-state index is -0.663. The summed E-state index contributed by atoms with van der Waals surface area (Å²) in [4.78, 5) is 29.9. The molecule has 24 heavy (non-hydrogen) atoms. The van der Waals surface area contributed by atoms with Crippen LogP contribution in [0.2, 0.25) is 0 Å². The first-order valence-corrected chi connectivity index (χ1v) is 8.39. The number of thioether (sulfide) groups is 1. The normalized spacial score (nSPS) is 29.8. The van der Waals surface area contributed by atoms with E-state index in [9.17, 15) is 9.59 Å². The van der Waals surface area contributed by atoms with Gasteiger partial charge in [0, 0.05) is 12.2 Å². The van der Waals surface area contributed by atoms with Crippen molar-refractivity contribution in [2.24, 2.45) is 0 Å². The second kappa shape index (κ2) is 6.27. The molecule has 3 heterocycles. The Bertz CT molecular complexity index is 709. The molecule has 2 amide bonds. The maximum Gasteiger partial charge on any atom is 0.412 e. The molecule has 0 spiro atoms. The van der Waals surface area contributed by atoms with Crippen molar-refractivity contribution in [3.8, 4) is 0 Å². The molecule has 8 heteroatoms. The number of β-lactam (4-membered cyclic amide) rings is 1. The number of carbonyl (C=O) groups is 2. The fraction of sp³-hybridized carbons (Fsp3) is 0.375. The number of ether oxygens (including phenoxy) is 1. The van der Waals surface area contributed by atoms with Crippen molar-refractivity contribution in [1.29, 1.82) is 5.41 Å². The molecule has 7 nitrogen and oxygen atoms in total. The molecule has 2 aliphatic rings. The minimum Gasteiger partial charge on any atom is -0.448 e. The maximum atomic E-state index is 12.5. The first-order valence-electron chi connectivity index (χ1n) is 7.51. The molecular formula is C16H18N4O3S. The number of aromatic nitrogens is 1. The quantitative estimate of drug-likeness (QED) is 0.375. The van der Waals surface area contributed by atoms with Crippen LogP contribution in [-0.2, 0) is 9.53 Å². The van der Waals surface area contributed by atoms with Crippen molar-refractivity contribution in [3.05, 3.63) is 35.7 Å². The van der Waals surface area contributed by atoms with E-state index in [0.29, 0.717) is 0 Å². The predicted molar refractivity (Wildman–Crippen MR) is 91.6 cm³/mol. The average molecular weight is 346 g/mol. The third-order valence-electron chi connectivity index (χ3n) is 4.35. The van der Waals surface area contributed by atoms with Crippen molar-refractivity contribution >= 4 is 36.2 Å². The highest BCUT2D eigenvalue weighted by Crippen LogP contribution is 2.53. The number of rotatable bonds is 4. The highest BCUT2D eigenvalue weighted by molar-refractivity contribution is 8.02. The van der Waals surface area contributed by atoms with Crippen molar-refractivity contribution < 1.29 is 14.3 Å². The molecule has 126 valence electrons. The second-order valence-electron chi connectivity index (χ2n) is 5.89. The fourth-order valence-corrected chi connectivity index (χ4v) is 4.44. The molecule has 2 saturated heterocycles. The SMILES string of the molecule is C[C@@H]1N2C(=O)/C(=C/c3ccccn3)C2SC1(C)COC(=O)NC=N. The van der Waals surface area contributed by atoms with Gasteiger partial charge >= 0.3 is 6.09 Å². The third kappa shape index (κ3) is 2.77. The summed E-state index contributed by atoms with van der Waals surface area (Å²) in [6.07, 6.45) is 3.62. The first-order chi connectivity index (χ1) is 11.5. The summed E-state index contributed by atoms with van der Waals surface area (Å²) in [7, 11) is 0. The van der Waals surface area contributed by atoms with Gasteiger partial charge in [0.05, 0.1) is 22.4 Å². The second-order valence-corrected chi connectivity index (χ2v) is 7.51. The number of pyridine rings is 1. The molecule has 0 aliphatic carbocycles. The van der Waals surface area contributed by atoms with E-state index in [4.69, 9.17) is 10.1 Å². The zero-order valence-corrected chi connectivity index (χ0v) is 14.2. The molecule has 2 fully saturated rings. The molecule has 0 bridgehead atoms. The Kier molecular flexibility index (Phi) is 4.31. The Morgan fingerprint density at radius 3 is 3.04 bits per heavy atom. The highest BCUT2D eigenvalue weighted by atomic mass is 32.2. The summed E-state index contributed by atoms with van der Waals surface area (Å²) < 4.78 is 4.76. The highest BCUT2D eigenvalue weighted by Gasteiger charge is 2.59. The molecule has 1 aromatic rings. The van der Waals surface area contributed by atoms with Gasteiger partial charge in [-0.1, -0.05) is 6.07 Å². The molecule has 3 atom stereocenters. The number of hydrogen-bond donors (Lipinski definition) is 2. The van der Waals surface area contributed by atoms with Gasteiger partial charge in [0.15, 0.2) is 0 Å². The molecule has 3 rings (SSSR count). The van der Waals surface area contributed by atoms with Crippen molar-refractivity contribution in [2.45, 2.75) is 30.0 Å². The number of amides is 2. The summed E-state index contributed by atoms with van der Waals surface area (Å²) in [5, 5.41) is 8.95. The van der Waals surface area contributed by atoms with Crippen molar-refractivity contribution in [2.75, 3.05) is 6.61 Å². The Morgan fingerprint density at radius 2 is 2.38 bits per heavy atom. The summed E-state index contributed by atoms with van der Waals surface area (Å²) in [5.74, 6) is -0.00155. The molecule has 2 aliphatic heterocycles. The molecule has 0 saturated carbocycles. The van der Waals surface area contributed by atoms with Crippen LogP contribution in [0.1, 0.15) is 19.5 Å². The van der Waals surface area contributed by atoms with Crippen LogP contribution in [0, 0.1) is 5.41 Å². The van der Waals surface area contributed by atoms with E-state index < -0.39 is 10.8 Å². The lowest BCUT2D eigenvalue weighted by atomic mass is 9.95. The Balaban J connectivity index is 1.73. The van der Waals surface area contributed by atoms with Crippen LogP contribution in [0.3, 0.4) is 0 Å². The fourth-order valence-electron chi connectivity index (χ4n) is 2.81. The first kappa shape index (κ1) is 16.5. The van der Waals surface area contributed by atoms with Gasteiger partial charge in [0.2, 0.25) is 0 Å². The van der Waals surface area contributed by atoms with Gasteiger partial charge in [-0.2, -0.15) is 0 Å². The number of fused-ring (bicyclic) bond motifs is 1. The molecule has 1 aromatic heterocycles. The van der Waals surface area contributed by atoms with E-state index in [1.54, 1.807) is 18.0 Å². The zero-order valence-electron chi connectivity index (χ0n) is 13.4. The van der Waals surface area contributed by atoms with Gasteiger partial charge in [0.25, 0.3) is 5.91 Å². The summed E-state index contributed by atoms with van der Waals surface area (Å²) in [6.45, 7) is 4.10. The largest absolute Gasteiger partial charge is 0.448 e. The van der Waals surface area contributed by atoms with Gasteiger partial charge in [-0.25, -0.2) is 4.79 Å². The number of hydrogen-bond acceptors (Lipinski definition) is 6. The van der Waals surface area contributed by atoms with Crippen LogP contribution in [0.25, 0.3) is 6.08 Å². The zero-order chi connectivity index (χ0) is 17.3. The van der Waals surface area contributed by atoms with Gasteiger partial charge in [-0.15, -0.1) is 11.8 Å². The lowest BCUT2D eigenvalue weighted by Gasteiger charge is -2.39. The Hall–Kier alpha value is -2.35. The van der Waals surface area contributed by atoms with Crippen molar-refractivity contribution in [1.82, 2.24) is 15.2 Å². The molecule has 2 unspecified atom stereocenters. The maximum absolute atomic E-state index is 12.5. The Morgan fingerprint density at radius 1 is 1.58 bits per heavy atom. The van der Waals surface area contributed by atoms with Gasteiger partial charge < -0.3 is 9.64 Å². The summed E-state index contributed by atoms with van der Waals surface area (Å²) in [5.41, 5.74) is 1.47. The standard InChI is InChI=1S/C16H18N4O3S/c1-10-16(2,8-23-15(22)19-9-17)24-14-12(13(21)20(10)14)7-11-5-3-4-6-18-11/h3-7,9-10,14H,8H2,1-2H3,(H2,17,19,22)/b12-7-/t10-,14?,16?/m0/s1. The topological polar surface area (TPSA) is 95.4 Å². The summed E-state index contributed by atoms with van der Waals surface area (Å²) in [6, 6.07) is 5.51. The number of nitrogens with one attached hydrogen (secondary N) is 2. The number of nitrogens with zero attached hydrogens (tertiary/aromatic N) is 2. The lowest BCUT2D eigenvalue weighted by Crippen LogP contribution is -2.55. The monoisotopic (exact) mass is 346 g/mol. The van der Waals surface area contributed by atoms with Crippen LogP contribution in [0.5, 0.6) is 0 Å². The smallest absolute Gasteiger partial charge is 0.412 e. The van der Waals surface area contributed by atoms with E-state index >= 15 is 0 Å². The van der Waals surface area contributed by atoms with E-state index in [2.05, 4.69) is 10.3 Å². The van der Waals surface area contributed by atoms with E-state index in [-0.39, 0.29) is 23.9 Å². The van der Waals surface area contributed by atoms with Gasteiger partial charge in [-0.05, 0) is 32.1 Å². The van der Waals surface area contributed by atoms with Crippen LogP contribution >= 0.6 is 11.8 Å². The lowest BCUT2D eigenvalue weighted by molar-refractivity contribution is -0.135. The van der Waals surface area contributed by atoms with Gasteiger partial charge in [-0.3, -0.25) is 20.5 Å². The average Bonchev–Trinajstić information content (AvgIpc) is 2.81. The molecule has 0 radical (unpaired) electrons. The molecule has 0 aromatic carbocycles. The Labute approximate surface area is 144 Å².